The Balaban J connectivity index is 0. The summed E-state index contributed by atoms with van der Waals surface area (Å²) in [4.78, 5) is 0. The van der Waals surface area contributed by atoms with Crippen molar-refractivity contribution in [2.75, 3.05) is 13.2 Å². The van der Waals surface area contributed by atoms with E-state index in [4.69, 9.17) is 35.9 Å². The molecule has 7 heteroatoms. The lowest BCUT2D eigenvalue weighted by molar-refractivity contribution is -0.123. The van der Waals surface area contributed by atoms with Gasteiger partial charge in [0.25, 0.3) is 0 Å². The van der Waals surface area contributed by atoms with E-state index in [0.29, 0.717) is 0 Å². The Hall–Kier alpha value is -0.750. The van der Waals surface area contributed by atoms with Crippen LogP contribution in [0.1, 0.15) is 6.92 Å². The number of aliphatic hydroxyl groups is 6. The van der Waals surface area contributed by atoms with Crippen LogP contribution < -0.4 is 0 Å². The summed E-state index contributed by atoms with van der Waals surface area (Å²) in [5.41, 5.74) is 0. The number of hydrogen-bond acceptors (Lipinski definition) is 7. The molecule has 0 saturated heterocycles. The second-order valence-electron chi connectivity index (χ2n) is 2.70. The van der Waals surface area contributed by atoms with Crippen molar-refractivity contribution in [3.05, 3.63) is 0 Å². The summed E-state index contributed by atoms with van der Waals surface area (Å²) in [5.74, 6) is 0. The molecule has 0 fully saturated rings. The van der Waals surface area contributed by atoms with Gasteiger partial charge >= 0.3 is 0 Å². The summed E-state index contributed by atoms with van der Waals surface area (Å²) in [6, 6.07) is 1.75. The molecule has 0 amide bonds. The second-order valence-corrected chi connectivity index (χ2v) is 2.70. The summed E-state index contributed by atoms with van der Waals surface area (Å²) < 4.78 is 0. The predicted molar refractivity (Wildman–Crippen MR) is 49.5 cm³/mol. The number of aliphatic hydroxyl groups excluding tert-OH is 6. The Morgan fingerprint density at radius 1 is 0.933 bits per heavy atom. The van der Waals surface area contributed by atoms with Crippen molar-refractivity contribution < 1.29 is 30.6 Å². The molecule has 0 heterocycles. The third-order valence-corrected chi connectivity index (χ3v) is 1.51. The fourth-order valence-corrected chi connectivity index (χ4v) is 0.671. The van der Waals surface area contributed by atoms with Crippen LogP contribution in [-0.4, -0.2) is 68.3 Å². The number of nitrogens with zero attached hydrogens (tertiary/aromatic N) is 1. The van der Waals surface area contributed by atoms with Gasteiger partial charge in [0.15, 0.2) is 0 Å². The van der Waals surface area contributed by atoms with E-state index in [1.165, 1.54) is 6.92 Å². The van der Waals surface area contributed by atoms with Crippen molar-refractivity contribution in [1.29, 1.82) is 5.26 Å². The largest absolute Gasteiger partial charge is 0.394 e. The summed E-state index contributed by atoms with van der Waals surface area (Å²) in [7, 11) is 0. The molecule has 0 aromatic carbocycles. The van der Waals surface area contributed by atoms with Gasteiger partial charge in [0.2, 0.25) is 0 Å². The molecule has 6 N–H and O–H groups in total. The third-order valence-electron chi connectivity index (χ3n) is 1.51. The Bertz CT molecular complexity index is 168. The molecular weight excluding hydrogens is 206 g/mol. The minimum Gasteiger partial charge on any atom is -0.394 e. The van der Waals surface area contributed by atoms with E-state index in [1.54, 1.807) is 6.07 Å². The standard InChI is InChI=1S/C6H14O6.C2H3N/c7-1-3(9)5(11)6(12)4(10)2-8;1-2-3/h3-12H,1-2H2;1H3/t3-,4-,5-,6-;/m1./s1. The maximum atomic E-state index is 8.96. The van der Waals surface area contributed by atoms with Gasteiger partial charge in [-0.2, -0.15) is 5.26 Å². The molecular formula is C8H17NO6. The van der Waals surface area contributed by atoms with Crippen LogP contribution >= 0.6 is 0 Å². The highest BCUT2D eigenvalue weighted by atomic mass is 16.4. The zero-order valence-electron chi connectivity index (χ0n) is 8.35. The molecule has 0 aromatic heterocycles. The van der Waals surface area contributed by atoms with Gasteiger partial charge in [-0.25, -0.2) is 0 Å². The van der Waals surface area contributed by atoms with E-state index in [0.717, 1.165) is 0 Å². The van der Waals surface area contributed by atoms with E-state index in [9.17, 15) is 0 Å². The fraction of sp³-hybridized carbons (Fsp3) is 0.875. The molecule has 0 aliphatic rings. The van der Waals surface area contributed by atoms with Crippen LogP contribution in [0.3, 0.4) is 0 Å². The van der Waals surface area contributed by atoms with Crippen LogP contribution in [0.15, 0.2) is 0 Å². The van der Waals surface area contributed by atoms with Gasteiger partial charge in [-0.15, -0.1) is 0 Å². The molecule has 0 saturated carbocycles. The van der Waals surface area contributed by atoms with Crippen LogP contribution in [0.4, 0.5) is 0 Å². The molecule has 0 aliphatic carbocycles. The Kier molecular flexibility index (Phi) is 10.9. The van der Waals surface area contributed by atoms with Crippen molar-refractivity contribution in [2.24, 2.45) is 0 Å². The van der Waals surface area contributed by atoms with E-state index in [1.807, 2.05) is 0 Å². The lowest BCUT2D eigenvalue weighted by Gasteiger charge is -2.24. The average molecular weight is 223 g/mol. The zero-order valence-corrected chi connectivity index (χ0v) is 8.35. The first-order valence-corrected chi connectivity index (χ1v) is 4.21. The van der Waals surface area contributed by atoms with E-state index >= 15 is 0 Å². The SMILES string of the molecule is CC#N.OC[C@@H](O)[C@@H](O)[C@H](O)[C@H](O)CO. The van der Waals surface area contributed by atoms with Crippen molar-refractivity contribution in [3.63, 3.8) is 0 Å². The molecule has 15 heavy (non-hydrogen) atoms. The van der Waals surface area contributed by atoms with Gasteiger partial charge in [0.1, 0.15) is 24.4 Å². The highest BCUT2D eigenvalue weighted by Crippen LogP contribution is 2.03. The fourth-order valence-electron chi connectivity index (χ4n) is 0.671. The first-order chi connectivity index (χ1) is 6.95. The van der Waals surface area contributed by atoms with Gasteiger partial charge in [-0.05, 0) is 0 Å². The first-order valence-electron chi connectivity index (χ1n) is 4.21. The summed E-state index contributed by atoms with van der Waals surface area (Å²) in [6.45, 7) is -0.0211. The van der Waals surface area contributed by atoms with Gasteiger partial charge in [0, 0.05) is 6.92 Å². The predicted octanol–water partition coefficient (Wildman–Crippen LogP) is -3.06. The van der Waals surface area contributed by atoms with Gasteiger partial charge in [0.05, 0.1) is 19.3 Å². The molecule has 0 radical (unpaired) electrons. The monoisotopic (exact) mass is 223 g/mol. The zero-order chi connectivity index (χ0) is 12.4. The van der Waals surface area contributed by atoms with Crippen LogP contribution in [0, 0.1) is 11.3 Å². The number of hydrogen-bond donors (Lipinski definition) is 6. The first kappa shape index (κ1) is 16.7. The lowest BCUT2D eigenvalue weighted by atomic mass is 10.0. The molecule has 0 rings (SSSR count). The van der Waals surface area contributed by atoms with E-state index in [2.05, 4.69) is 0 Å². The molecule has 0 aliphatic heterocycles. The molecule has 0 unspecified atom stereocenters. The topological polar surface area (TPSA) is 145 Å². The smallest absolute Gasteiger partial charge is 0.111 e. The normalized spacial score (nSPS) is 17.7. The number of rotatable bonds is 5. The van der Waals surface area contributed by atoms with E-state index in [-0.39, 0.29) is 0 Å². The average Bonchev–Trinajstić information content (AvgIpc) is 2.25. The highest BCUT2D eigenvalue weighted by molar-refractivity contribution is 4.79. The van der Waals surface area contributed by atoms with Crippen molar-refractivity contribution in [3.8, 4) is 6.07 Å². The van der Waals surface area contributed by atoms with Crippen LogP contribution in [0.5, 0.6) is 0 Å². The molecule has 4 atom stereocenters. The Labute approximate surface area is 87.5 Å². The van der Waals surface area contributed by atoms with Gasteiger partial charge in [-0.3, -0.25) is 0 Å². The highest BCUT2D eigenvalue weighted by Gasteiger charge is 2.29. The van der Waals surface area contributed by atoms with Crippen LogP contribution in [0.25, 0.3) is 0 Å². The summed E-state index contributed by atoms with van der Waals surface area (Å²) in [5, 5.41) is 59.5. The lowest BCUT2D eigenvalue weighted by Crippen LogP contribution is -2.46. The van der Waals surface area contributed by atoms with Crippen molar-refractivity contribution in [2.45, 2.75) is 31.3 Å². The van der Waals surface area contributed by atoms with Crippen LogP contribution in [0.2, 0.25) is 0 Å². The quantitative estimate of drug-likeness (QED) is 0.290. The third kappa shape index (κ3) is 7.21. The molecule has 0 spiro atoms. The maximum Gasteiger partial charge on any atom is 0.111 e. The molecule has 0 bridgehead atoms. The minimum atomic E-state index is -1.67. The number of nitriles is 1. The Morgan fingerprint density at radius 2 is 1.13 bits per heavy atom. The van der Waals surface area contributed by atoms with Gasteiger partial charge < -0.3 is 30.6 Å². The second kappa shape index (κ2) is 9.79. The van der Waals surface area contributed by atoms with Crippen molar-refractivity contribution >= 4 is 0 Å². The summed E-state index contributed by atoms with van der Waals surface area (Å²) >= 11 is 0. The van der Waals surface area contributed by atoms with Gasteiger partial charge in [-0.1, -0.05) is 0 Å². The maximum absolute atomic E-state index is 8.96. The minimum absolute atomic E-state index is 0.726. The van der Waals surface area contributed by atoms with Crippen molar-refractivity contribution in [1.82, 2.24) is 0 Å². The molecule has 90 valence electrons. The van der Waals surface area contributed by atoms with E-state index < -0.39 is 37.6 Å². The summed E-state index contributed by atoms with van der Waals surface area (Å²) in [6.07, 6.45) is -6.39. The van der Waals surface area contributed by atoms with Crippen LogP contribution in [-0.2, 0) is 0 Å². The molecule has 7 nitrogen and oxygen atoms in total. The molecule has 0 aromatic rings. The Morgan fingerprint density at radius 3 is 1.27 bits per heavy atom.